The number of anilines is 1. The second-order valence-electron chi connectivity index (χ2n) is 7.35. The van der Waals surface area contributed by atoms with Gasteiger partial charge in [-0.05, 0) is 74.1 Å². The molecule has 0 aromatic heterocycles. The first-order valence-corrected chi connectivity index (χ1v) is 10.6. The smallest absolute Gasteiger partial charge is 0.257 e. The quantitative estimate of drug-likeness (QED) is 0.464. The molecule has 32 heavy (non-hydrogen) atoms. The summed E-state index contributed by atoms with van der Waals surface area (Å²) in [6.45, 7) is 4.30. The van der Waals surface area contributed by atoms with Gasteiger partial charge in [0, 0.05) is 23.4 Å². The molecule has 164 valence electrons. The highest BCUT2D eigenvalue weighted by Gasteiger charge is 2.10. The van der Waals surface area contributed by atoms with Crippen LogP contribution in [0.4, 0.5) is 5.69 Å². The van der Waals surface area contributed by atoms with Crippen LogP contribution < -0.4 is 20.7 Å². The van der Waals surface area contributed by atoms with Gasteiger partial charge in [-0.25, -0.2) is 0 Å². The fourth-order valence-electron chi connectivity index (χ4n) is 2.91. The molecule has 0 aliphatic rings. The van der Waals surface area contributed by atoms with Crippen LogP contribution in [0.2, 0.25) is 0 Å². The zero-order chi connectivity index (χ0) is 22.9. The SMILES string of the molecule is CC(C)Oc1cccc(C(=O)NC(=S)Nc2ccc(C(=O)NCc3ccccc3)cc2)c1. The van der Waals surface area contributed by atoms with E-state index in [9.17, 15) is 9.59 Å². The lowest BCUT2D eigenvalue weighted by molar-refractivity contribution is 0.0948. The fraction of sp³-hybridized carbons (Fsp3) is 0.160. The molecule has 0 aliphatic heterocycles. The van der Waals surface area contributed by atoms with Gasteiger partial charge in [0.25, 0.3) is 11.8 Å². The molecule has 3 aromatic carbocycles. The van der Waals surface area contributed by atoms with Crippen LogP contribution in [-0.4, -0.2) is 23.0 Å². The highest BCUT2D eigenvalue weighted by molar-refractivity contribution is 7.80. The number of nitrogens with one attached hydrogen (secondary N) is 3. The third-order valence-corrected chi connectivity index (χ3v) is 4.60. The first-order chi connectivity index (χ1) is 15.4. The number of carbonyl (C=O) groups excluding carboxylic acids is 2. The standard InChI is InChI=1S/C25H25N3O3S/c1-17(2)31-22-10-6-9-20(15-22)24(30)28-25(32)27-21-13-11-19(12-14-21)23(29)26-16-18-7-4-3-5-8-18/h3-15,17H,16H2,1-2H3,(H,26,29)(H2,27,28,30,32). The molecule has 7 heteroatoms. The molecular formula is C25H25N3O3S. The summed E-state index contributed by atoms with van der Waals surface area (Å²) in [6, 6.07) is 23.5. The first-order valence-electron chi connectivity index (χ1n) is 10.2. The number of benzene rings is 3. The average molecular weight is 448 g/mol. The second-order valence-corrected chi connectivity index (χ2v) is 7.76. The largest absolute Gasteiger partial charge is 0.491 e. The number of ether oxygens (including phenoxy) is 1. The minimum atomic E-state index is -0.339. The van der Waals surface area contributed by atoms with Crippen molar-refractivity contribution in [2.75, 3.05) is 5.32 Å². The van der Waals surface area contributed by atoms with Gasteiger partial charge in [-0.15, -0.1) is 0 Å². The van der Waals surface area contributed by atoms with Gasteiger partial charge in [0.1, 0.15) is 5.75 Å². The summed E-state index contributed by atoms with van der Waals surface area (Å²) in [5.74, 6) is 0.112. The van der Waals surface area contributed by atoms with Crippen LogP contribution in [-0.2, 0) is 6.54 Å². The Kier molecular flexibility index (Phi) is 7.94. The third-order valence-electron chi connectivity index (χ3n) is 4.40. The van der Waals surface area contributed by atoms with E-state index in [1.165, 1.54) is 0 Å². The maximum absolute atomic E-state index is 12.5. The average Bonchev–Trinajstić information content (AvgIpc) is 2.78. The van der Waals surface area contributed by atoms with Crippen LogP contribution in [0.15, 0.2) is 78.9 Å². The van der Waals surface area contributed by atoms with Gasteiger partial charge < -0.3 is 15.4 Å². The van der Waals surface area contributed by atoms with Crippen LogP contribution in [0.3, 0.4) is 0 Å². The molecule has 0 atom stereocenters. The molecule has 0 radical (unpaired) electrons. The van der Waals surface area contributed by atoms with Crippen molar-refractivity contribution in [3.63, 3.8) is 0 Å². The molecule has 0 heterocycles. The highest BCUT2D eigenvalue weighted by Crippen LogP contribution is 2.15. The number of carbonyl (C=O) groups is 2. The topological polar surface area (TPSA) is 79.5 Å². The lowest BCUT2D eigenvalue weighted by Gasteiger charge is -2.12. The Bertz CT molecular complexity index is 1080. The highest BCUT2D eigenvalue weighted by atomic mass is 32.1. The summed E-state index contributed by atoms with van der Waals surface area (Å²) in [6.07, 6.45) is 0.0134. The van der Waals surface area contributed by atoms with Crippen molar-refractivity contribution in [1.29, 1.82) is 0 Å². The maximum atomic E-state index is 12.5. The first kappa shape index (κ1) is 23.0. The second kappa shape index (κ2) is 11.1. The van der Waals surface area contributed by atoms with Crippen molar-refractivity contribution in [2.24, 2.45) is 0 Å². The summed E-state index contributed by atoms with van der Waals surface area (Å²) in [4.78, 5) is 24.8. The van der Waals surface area contributed by atoms with Crippen molar-refractivity contribution >= 4 is 34.8 Å². The Balaban J connectivity index is 1.52. The van der Waals surface area contributed by atoms with E-state index >= 15 is 0 Å². The maximum Gasteiger partial charge on any atom is 0.257 e. The number of rotatable bonds is 7. The van der Waals surface area contributed by atoms with Crippen LogP contribution in [0.5, 0.6) is 5.75 Å². The van der Waals surface area contributed by atoms with Crippen molar-refractivity contribution in [1.82, 2.24) is 10.6 Å². The molecular weight excluding hydrogens is 422 g/mol. The third kappa shape index (κ3) is 6.92. The fourth-order valence-corrected chi connectivity index (χ4v) is 3.12. The molecule has 0 saturated heterocycles. The zero-order valence-electron chi connectivity index (χ0n) is 17.9. The minimum absolute atomic E-state index is 0.0134. The van der Waals surface area contributed by atoms with E-state index in [-0.39, 0.29) is 23.0 Å². The lowest BCUT2D eigenvalue weighted by atomic mass is 10.1. The van der Waals surface area contributed by atoms with Gasteiger partial charge in [-0.1, -0.05) is 36.4 Å². The van der Waals surface area contributed by atoms with Crippen molar-refractivity contribution < 1.29 is 14.3 Å². The molecule has 3 rings (SSSR count). The van der Waals surface area contributed by atoms with E-state index in [0.29, 0.717) is 29.1 Å². The monoisotopic (exact) mass is 447 g/mol. The molecule has 3 N–H and O–H groups in total. The Morgan fingerprint density at radius 1 is 0.875 bits per heavy atom. The van der Waals surface area contributed by atoms with E-state index in [2.05, 4.69) is 16.0 Å². The molecule has 0 bridgehead atoms. The predicted octanol–water partition coefficient (Wildman–Crippen LogP) is 4.53. The summed E-state index contributed by atoms with van der Waals surface area (Å²) < 4.78 is 5.62. The molecule has 3 aromatic rings. The molecule has 0 aliphatic carbocycles. The number of hydrogen-bond donors (Lipinski definition) is 3. The molecule has 6 nitrogen and oxygen atoms in total. The van der Waals surface area contributed by atoms with Crippen LogP contribution in [0.25, 0.3) is 0 Å². The van der Waals surface area contributed by atoms with E-state index in [0.717, 1.165) is 5.56 Å². The summed E-state index contributed by atoms with van der Waals surface area (Å²) in [5.41, 5.74) is 2.66. The minimum Gasteiger partial charge on any atom is -0.491 e. The van der Waals surface area contributed by atoms with E-state index in [1.807, 2.05) is 44.2 Å². The molecule has 0 spiro atoms. The van der Waals surface area contributed by atoms with Crippen molar-refractivity contribution in [3.05, 3.63) is 95.6 Å². The van der Waals surface area contributed by atoms with Crippen LogP contribution >= 0.6 is 12.2 Å². The number of amides is 2. The lowest BCUT2D eigenvalue weighted by Crippen LogP contribution is -2.34. The Labute approximate surface area is 193 Å². The van der Waals surface area contributed by atoms with Crippen molar-refractivity contribution in [3.8, 4) is 5.75 Å². The summed E-state index contributed by atoms with van der Waals surface area (Å²) in [5, 5.41) is 8.64. The van der Waals surface area contributed by atoms with E-state index in [4.69, 9.17) is 17.0 Å². The molecule has 2 amide bonds. The number of thiocarbonyl (C=S) groups is 1. The molecule has 0 fully saturated rings. The van der Waals surface area contributed by atoms with E-state index < -0.39 is 0 Å². The Morgan fingerprint density at radius 2 is 1.59 bits per heavy atom. The molecule has 0 unspecified atom stereocenters. The number of hydrogen-bond acceptors (Lipinski definition) is 4. The van der Waals surface area contributed by atoms with Crippen molar-refractivity contribution in [2.45, 2.75) is 26.5 Å². The summed E-state index contributed by atoms with van der Waals surface area (Å²) in [7, 11) is 0. The van der Waals surface area contributed by atoms with Gasteiger partial charge in [-0.3, -0.25) is 14.9 Å². The van der Waals surface area contributed by atoms with Gasteiger partial charge >= 0.3 is 0 Å². The van der Waals surface area contributed by atoms with Gasteiger partial charge in [0.15, 0.2) is 5.11 Å². The zero-order valence-corrected chi connectivity index (χ0v) is 18.7. The molecule has 0 saturated carbocycles. The van der Waals surface area contributed by atoms with Crippen LogP contribution in [0.1, 0.15) is 40.1 Å². The Morgan fingerprint density at radius 3 is 2.28 bits per heavy atom. The van der Waals surface area contributed by atoms with Gasteiger partial charge in [0.05, 0.1) is 6.10 Å². The normalized spacial score (nSPS) is 10.3. The van der Waals surface area contributed by atoms with Gasteiger partial charge in [0.2, 0.25) is 0 Å². The predicted molar refractivity (Wildman–Crippen MR) is 130 cm³/mol. The van der Waals surface area contributed by atoms with Crippen LogP contribution in [0, 0.1) is 0 Å². The summed E-state index contributed by atoms with van der Waals surface area (Å²) >= 11 is 5.24. The van der Waals surface area contributed by atoms with E-state index in [1.54, 1.807) is 48.5 Å². The Hall–Kier alpha value is -3.71. The van der Waals surface area contributed by atoms with Gasteiger partial charge in [-0.2, -0.15) is 0 Å².